The summed E-state index contributed by atoms with van der Waals surface area (Å²) in [6.45, 7) is 6.58. The molecule has 2 saturated heterocycles. The molecule has 2 aliphatic heterocycles. The molecule has 1 atom stereocenters. The fourth-order valence-corrected chi connectivity index (χ4v) is 3.45. The average Bonchev–Trinajstić information content (AvgIpc) is 3.29. The van der Waals surface area contributed by atoms with Gasteiger partial charge in [-0.2, -0.15) is 0 Å². The standard InChI is InChI=1S/C16H26N2O3/c1-16(2)14(17-15(16)20)12-5-7-18(8-6-12)13(19)10-21-9-11-3-4-11/h11-12,14H,3-10H2,1-2H3,(H,17,20). The Morgan fingerprint density at radius 3 is 2.48 bits per heavy atom. The van der Waals surface area contributed by atoms with Crippen molar-refractivity contribution in [2.24, 2.45) is 17.3 Å². The molecule has 0 spiro atoms. The van der Waals surface area contributed by atoms with Crippen molar-refractivity contribution in [3.63, 3.8) is 0 Å². The van der Waals surface area contributed by atoms with Crippen molar-refractivity contribution in [2.45, 2.75) is 45.6 Å². The van der Waals surface area contributed by atoms with E-state index in [1.807, 2.05) is 18.7 Å². The van der Waals surface area contributed by atoms with Gasteiger partial charge in [0.2, 0.25) is 11.8 Å². The van der Waals surface area contributed by atoms with Gasteiger partial charge in [-0.05, 0) is 51.4 Å². The third-order valence-corrected chi connectivity index (χ3v) is 5.29. The zero-order valence-electron chi connectivity index (χ0n) is 13.1. The van der Waals surface area contributed by atoms with Crippen LogP contribution in [0.25, 0.3) is 0 Å². The number of rotatable bonds is 5. The molecule has 1 saturated carbocycles. The number of hydrogen-bond donors (Lipinski definition) is 1. The molecule has 2 amide bonds. The Kier molecular flexibility index (Phi) is 3.95. The number of amides is 2. The van der Waals surface area contributed by atoms with Gasteiger partial charge in [0.25, 0.3) is 0 Å². The van der Waals surface area contributed by atoms with Crippen LogP contribution >= 0.6 is 0 Å². The summed E-state index contributed by atoms with van der Waals surface area (Å²) in [5, 5.41) is 3.03. The van der Waals surface area contributed by atoms with Crippen molar-refractivity contribution in [1.82, 2.24) is 10.2 Å². The first-order valence-electron chi connectivity index (χ1n) is 8.15. The molecule has 0 aromatic heterocycles. The molecular weight excluding hydrogens is 268 g/mol. The third kappa shape index (κ3) is 3.07. The number of carbonyl (C=O) groups is 2. The second-order valence-electron chi connectivity index (χ2n) is 7.35. The highest BCUT2D eigenvalue weighted by Crippen LogP contribution is 2.38. The maximum Gasteiger partial charge on any atom is 0.248 e. The van der Waals surface area contributed by atoms with Gasteiger partial charge in [0.1, 0.15) is 6.61 Å². The highest BCUT2D eigenvalue weighted by Gasteiger charge is 2.51. The lowest BCUT2D eigenvalue weighted by molar-refractivity contribution is -0.148. The van der Waals surface area contributed by atoms with Crippen LogP contribution in [0.3, 0.4) is 0 Å². The fraction of sp³-hybridized carbons (Fsp3) is 0.875. The summed E-state index contributed by atoms with van der Waals surface area (Å²) < 4.78 is 5.48. The molecular formula is C16H26N2O3. The summed E-state index contributed by atoms with van der Waals surface area (Å²) >= 11 is 0. The first-order chi connectivity index (χ1) is 9.98. The van der Waals surface area contributed by atoms with Gasteiger partial charge in [-0.3, -0.25) is 9.59 Å². The second-order valence-corrected chi connectivity index (χ2v) is 7.35. The van der Waals surface area contributed by atoms with Gasteiger partial charge < -0.3 is 15.0 Å². The van der Waals surface area contributed by atoms with Crippen LogP contribution in [0.4, 0.5) is 0 Å². The smallest absolute Gasteiger partial charge is 0.248 e. The van der Waals surface area contributed by atoms with Crippen LogP contribution in [0.2, 0.25) is 0 Å². The van der Waals surface area contributed by atoms with Crippen molar-refractivity contribution < 1.29 is 14.3 Å². The predicted molar refractivity (Wildman–Crippen MR) is 78.6 cm³/mol. The largest absolute Gasteiger partial charge is 0.371 e. The fourth-order valence-electron chi connectivity index (χ4n) is 3.45. The van der Waals surface area contributed by atoms with Crippen LogP contribution in [0.5, 0.6) is 0 Å². The van der Waals surface area contributed by atoms with E-state index in [1.54, 1.807) is 0 Å². The molecule has 1 N–H and O–H groups in total. The molecule has 5 nitrogen and oxygen atoms in total. The van der Waals surface area contributed by atoms with E-state index in [2.05, 4.69) is 5.32 Å². The summed E-state index contributed by atoms with van der Waals surface area (Å²) in [7, 11) is 0. The quantitative estimate of drug-likeness (QED) is 0.775. The van der Waals surface area contributed by atoms with E-state index in [0.29, 0.717) is 11.8 Å². The minimum absolute atomic E-state index is 0.117. The van der Waals surface area contributed by atoms with Crippen molar-refractivity contribution in [3.8, 4) is 0 Å². The Balaban J connectivity index is 1.40. The van der Waals surface area contributed by atoms with Crippen molar-refractivity contribution >= 4 is 11.8 Å². The van der Waals surface area contributed by atoms with Gasteiger partial charge in [-0.15, -0.1) is 0 Å². The molecule has 0 radical (unpaired) electrons. The maximum atomic E-state index is 12.1. The molecule has 2 heterocycles. The molecule has 1 aliphatic carbocycles. The van der Waals surface area contributed by atoms with E-state index in [0.717, 1.165) is 32.5 Å². The number of piperidine rings is 1. The topological polar surface area (TPSA) is 58.6 Å². The van der Waals surface area contributed by atoms with Crippen LogP contribution in [0, 0.1) is 17.3 Å². The lowest BCUT2D eigenvalue weighted by Gasteiger charge is -2.50. The van der Waals surface area contributed by atoms with Crippen LogP contribution in [0.1, 0.15) is 39.5 Å². The Hall–Kier alpha value is -1.10. The van der Waals surface area contributed by atoms with E-state index in [1.165, 1.54) is 12.8 Å². The number of nitrogens with one attached hydrogen (secondary N) is 1. The molecule has 5 heteroatoms. The van der Waals surface area contributed by atoms with E-state index in [9.17, 15) is 9.59 Å². The Labute approximate surface area is 126 Å². The Bertz CT molecular complexity index is 423. The zero-order chi connectivity index (χ0) is 15.0. The molecule has 0 aromatic rings. The second kappa shape index (κ2) is 5.59. The predicted octanol–water partition coefficient (Wildman–Crippen LogP) is 1.18. The number of carbonyl (C=O) groups excluding carboxylic acids is 2. The number of ether oxygens (including phenoxy) is 1. The molecule has 21 heavy (non-hydrogen) atoms. The lowest BCUT2D eigenvalue weighted by Crippen LogP contribution is -2.68. The van der Waals surface area contributed by atoms with Crippen molar-refractivity contribution in [3.05, 3.63) is 0 Å². The van der Waals surface area contributed by atoms with Gasteiger partial charge in [0, 0.05) is 19.1 Å². The molecule has 0 bridgehead atoms. The van der Waals surface area contributed by atoms with Crippen LogP contribution < -0.4 is 5.32 Å². The summed E-state index contributed by atoms with van der Waals surface area (Å²) in [6, 6.07) is 0.272. The summed E-state index contributed by atoms with van der Waals surface area (Å²) in [5.41, 5.74) is -0.246. The Morgan fingerprint density at radius 2 is 1.95 bits per heavy atom. The summed E-state index contributed by atoms with van der Waals surface area (Å²) in [5.74, 6) is 1.47. The molecule has 3 aliphatic rings. The first kappa shape index (κ1) is 14.8. The maximum absolute atomic E-state index is 12.1. The van der Waals surface area contributed by atoms with Crippen molar-refractivity contribution in [1.29, 1.82) is 0 Å². The lowest BCUT2D eigenvalue weighted by atomic mass is 9.68. The highest BCUT2D eigenvalue weighted by atomic mass is 16.5. The molecule has 0 aromatic carbocycles. The van der Waals surface area contributed by atoms with Gasteiger partial charge in [0.15, 0.2) is 0 Å². The first-order valence-corrected chi connectivity index (χ1v) is 8.15. The van der Waals surface area contributed by atoms with E-state index in [-0.39, 0.29) is 29.9 Å². The van der Waals surface area contributed by atoms with Crippen molar-refractivity contribution in [2.75, 3.05) is 26.3 Å². The van der Waals surface area contributed by atoms with Gasteiger partial charge >= 0.3 is 0 Å². The van der Waals surface area contributed by atoms with Crippen LogP contribution in [0.15, 0.2) is 0 Å². The monoisotopic (exact) mass is 294 g/mol. The molecule has 1 unspecified atom stereocenters. The third-order valence-electron chi connectivity index (χ3n) is 5.29. The number of β-lactam (4-membered cyclic amide) rings is 1. The van der Waals surface area contributed by atoms with Crippen LogP contribution in [-0.4, -0.2) is 49.1 Å². The minimum Gasteiger partial charge on any atom is -0.371 e. The van der Waals surface area contributed by atoms with Gasteiger partial charge in [0.05, 0.1) is 12.0 Å². The summed E-state index contributed by atoms with van der Waals surface area (Å²) in [4.78, 5) is 25.5. The highest BCUT2D eigenvalue weighted by molar-refractivity contribution is 5.89. The number of likely N-dealkylation sites (tertiary alicyclic amines) is 1. The van der Waals surface area contributed by atoms with E-state index < -0.39 is 0 Å². The molecule has 3 rings (SSSR count). The van der Waals surface area contributed by atoms with E-state index >= 15 is 0 Å². The van der Waals surface area contributed by atoms with Gasteiger partial charge in [-0.25, -0.2) is 0 Å². The van der Waals surface area contributed by atoms with Crippen LogP contribution in [-0.2, 0) is 14.3 Å². The van der Waals surface area contributed by atoms with Gasteiger partial charge in [-0.1, -0.05) is 0 Å². The number of hydrogen-bond acceptors (Lipinski definition) is 3. The molecule has 3 fully saturated rings. The SMILES string of the molecule is CC1(C)C(=O)NC1C1CCN(C(=O)COCC2CC2)CC1. The molecule has 118 valence electrons. The normalized spacial score (nSPS) is 29.0. The zero-order valence-corrected chi connectivity index (χ0v) is 13.1. The Morgan fingerprint density at radius 1 is 1.29 bits per heavy atom. The minimum atomic E-state index is -0.246. The van der Waals surface area contributed by atoms with E-state index in [4.69, 9.17) is 4.74 Å². The number of nitrogens with zero attached hydrogens (tertiary/aromatic N) is 1. The average molecular weight is 294 g/mol. The summed E-state index contributed by atoms with van der Waals surface area (Å²) in [6.07, 6.45) is 4.45.